The van der Waals surface area contributed by atoms with E-state index in [9.17, 15) is 0 Å². The average Bonchev–Trinajstić information content (AvgIpc) is 3.09. The second-order valence-corrected chi connectivity index (χ2v) is 4.68. The van der Waals surface area contributed by atoms with Gasteiger partial charge in [0.05, 0.1) is 11.9 Å². The van der Waals surface area contributed by atoms with Gasteiger partial charge in [0.1, 0.15) is 4.99 Å². The van der Waals surface area contributed by atoms with Gasteiger partial charge in [-0.25, -0.2) is 0 Å². The Morgan fingerprint density at radius 3 is 2.94 bits per heavy atom. The number of nitrogens with zero attached hydrogens (tertiary/aromatic N) is 2. The lowest BCUT2D eigenvalue weighted by atomic mass is 10.2. The Balaban J connectivity index is 2.24. The van der Waals surface area contributed by atoms with E-state index in [4.69, 9.17) is 18.0 Å². The summed E-state index contributed by atoms with van der Waals surface area (Å²) in [6.45, 7) is 4.22. The molecule has 0 aliphatic heterocycles. The van der Waals surface area contributed by atoms with Crippen LogP contribution in [0.2, 0.25) is 0 Å². The van der Waals surface area contributed by atoms with Crippen molar-refractivity contribution in [3.05, 3.63) is 24.0 Å². The monoisotopic (exact) mass is 235 g/mol. The summed E-state index contributed by atoms with van der Waals surface area (Å²) in [5, 5.41) is 0. The van der Waals surface area contributed by atoms with Crippen molar-refractivity contribution in [2.24, 2.45) is 11.7 Å². The maximum atomic E-state index is 5.73. The predicted octanol–water partition coefficient (Wildman–Crippen LogP) is 1.95. The molecule has 16 heavy (non-hydrogen) atoms. The fraction of sp³-hybridized carbons (Fsp3) is 0.500. The zero-order chi connectivity index (χ0) is 11.5. The Bertz CT molecular complexity index is 388. The highest BCUT2D eigenvalue weighted by Gasteiger charge is 2.25. The molecule has 0 amide bonds. The zero-order valence-corrected chi connectivity index (χ0v) is 10.3. The maximum absolute atomic E-state index is 5.73. The average molecular weight is 235 g/mol. The van der Waals surface area contributed by atoms with Gasteiger partial charge in [-0.15, -0.1) is 0 Å². The summed E-state index contributed by atoms with van der Waals surface area (Å²) in [6, 6.07) is 1.90. The van der Waals surface area contributed by atoms with Crippen LogP contribution < -0.4 is 10.6 Å². The summed E-state index contributed by atoms with van der Waals surface area (Å²) in [5.74, 6) is 0.847. The number of anilines is 1. The van der Waals surface area contributed by atoms with Gasteiger partial charge in [0.15, 0.2) is 0 Å². The first kappa shape index (κ1) is 11.3. The standard InChI is InChI=1S/C12H17N3S/c1-2-15(8-9-3-4-9)11-7-14-6-5-10(11)12(13)16/h5-7,9H,2-4,8H2,1H3,(H2,13,16). The van der Waals surface area contributed by atoms with Gasteiger partial charge in [-0.05, 0) is 31.7 Å². The van der Waals surface area contributed by atoms with E-state index < -0.39 is 0 Å². The van der Waals surface area contributed by atoms with E-state index in [2.05, 4.69) is 16.8 Å². The first-order chi connectivity index (χ1) is 7.72. The molecule has 2 rings (SSSR count). The van der Waals surface area contributed by atoms with E-state index in [0.717, 1.165) is 30.3 Å². The summed E-state index contributed by atoms with van der Waals surface area (Å²) in [4.78, 5) is 6.94. The molecule has 1 fully saturated rings. The lowest BCUT2D eigenvalue weighted by Crippen LogP contribution is -2.28. The van der Waals surface area contributed by atoms with E-state index in [0.29, 0.717) is 4.99 Å². The number of hydrogen-bond acceptors (Lipinski definition) is 3. The SMILES string of the molecule is CCN(CC1CC1)c1cnccc1C(N)=S. The normalized spacial score (nSPS) is 14.8. The van der Waals surface area contributed by atoms with Crippen molar-refractivity contribution in [1.82, 2.24) is 4.98 Å². The number of pyridine rings is 1. The summed E-state index contributed by atoms with van der Waals surface area (Å²) in [6.07, 6.45) is 6.29. The lowest BCUT2D eigenvalue weighted by Gasteiger charge is -2.24. The molecule has 0 bridgehead atoms. The van der Waals surface area contributed by atoms with Crippen molar-refractivity contribution in [2.45, 2.75) is 19.8 Å². The van der Waals surface area contributed by atoms with Gasteiger partial charge in [0.25, 0.3) is 0 Å². The van der Waals surface area contributed by atoms with Gasteiger partial charge >= 0.3 is 0 Å². The highest BCUT2D eigenvalue weighted by molar-refractivity contribution is 7.80. The van der Waals surface area contributed by atoms with Gasteiger partial charge in [0, 0.05) is 24.8 Å². The zero-order valence-electron chi connectivity index (χ0n) is 9.52. The van der Waals surface area contributed by atoms with Crippen molar-refractivity contribution >= 4 is 22.9 Å². The van der Waals surface area contributed by atoms with Crippen LogP contribution in [-0.2, 0) is 0 Å². The van der Waals surface area contributed by atoms with Gasteiger partial charge < -0.3 is 10.6 Å². The molecule has 3 nitrogen and oxygen atoms in total. The van der Waals surface area contributed by atoms with Gasteiger partial charge in [-0.3, -0.25) is 4.98 Å². The molecule has 1 aromatic heterocycles. The van der Waals surface area contributed by atoms with Crippen molar-refractivity contribution in [3.8, 4) is 0 Å². The first-order valence-corrected chi connectivity index (χ1v) is 6.12. The molecule has 1 aliphatic carbocycles. The van der Waals surface area contributed by atoms with E-state index in [-0.39, 0.29) is 0 Å². The summed E-state index contributed by atoms with van der Waals surface area (Å²) in [5.41, 5.74) is 7.74. The van der Waals surface area contributed by atoms with Crippen LogP contribution in [0, 0.1) is 5.92 Å². The van der Waals surface area contributed by atoms with Crippen molar-refractivity contribution in [2.75, 3.05) is 18.0 Å². The third-order valence-corrected chi connectivity index (χ3v) is 3.18. The summed E-state index contributed by atoms with van der Waals surface area (Å²) < 4.78 is 0. The first-order valence-electron chi connectivity index (χ1n) is 5.71. The molecule has 1 aliphatic rings. The van der Waals surface area contributed by atoms with Crippen LogP contribution in [0.1, 0.15) is 25.3 Å². The van der Waals surface area contributed by atoms with Crippen LogP contribution in [-0.4, -0.2) is 23.1 Å². The molecule has 2 N–H and O–H groups in total. The van der Waals surface area contributed by atoms with Crippen LogP contribution in [0.25, 0.3) is 0 Å². The third-order valence-electron chi connectivity index (χ3n) is 2.96. The number of nitrogens with two attached hydrogens (primary N) is 1. The number of thiocarbonyl (C=S) groups is 1. The molecule has 0 aromatic carbocycles. The summed E-state index contributed by atoms with van der Waals surface area (Å²) in [7, 11) is 0. The Morgan fingerprint density at radius 2 is 2.38 bits per heavy atom. The number of rotatable bonds is 5. The van der Waals surface area contributed by atoms with Crippen LogP contribution >= 0.6 is 12.2 Å². The molecule has 4 heteroatoms. The molecular weight excluding hydrogens is 218 g/mol. The second-order valence-electron chi connectivity index (χ2n) is 4.24. The minimum Gasteiger partial charge on any atom is -0.389 e. The Labute approximate surface area is 102 Å². The molecule has 1 saturated carbocycles. The second kappa shape index (κ2) is 4.78. The van der Waals surface area contributed by atoms with Gasteiger partial charge in [0.2, 0.25) is 0 Å². The molecule has 0 atom stereocenters. The quantitative estimate of drug-likeness (QED) is 0.792. The topological polar surface area (TPSA) is 42.2 Å². The molecule has 1 heterocycles. The fourth-order valence-corrected chi connectivity index (χ4v) is 2.03. The molecule has 0 spiro atoms. The van der Waals surface area contributed by atoms with Crippen molar-refractivity contribution in [1.29, 1.82) is 0 Å². The number of hydrogen-bond donors (Lipinski definition) is 1. The largest absolute Gasteiger partial charge is 0.389 e. The lowest BCUT2D eigenvalue weighted by molar-refractivity contribution is 0.740. The Kier molecular flexibility index (Phi) is 3.39. The minimum atomic E-state index is 0.451. The van der Waals surface area contributed by atoms with Crippen LogP contribution in [0.3, 0.4) is 0 Å². The number of aromatic nitrogens is 1. The van der Waals surface area contributed by atoms with E-state index in [1.54, 1.807) is 6.20 Å². The van der Waals surface area contributed by atoms with E-state index in [1.807, 2.05) is 12.3 Å². The van der Waals surface area contributed by atoms with E-state index >= 15 is 0 Å². The van der Waals surface area contributed by atoms with Gasteiger partial charge in [-0.1, -0.05) is 12.2 Å². The summed E-state index contributed by atoms with van der Waals surface area (Å²) >= 11 is 5.07. The molecular formula is C12H17N3S. The smallest absolute Gasteiger partial charge is 0.106 e. The highest BCUT2D eigenvalue weighted by atomic mass is 32.1. The Morgan fingerprint density at radius 1 is 1.62 bits per heavy atom. The maximum Gasteiger partial charge on any atom is 0.106 e. The predicted molar refractivity (Wildman–Crippen MR) is 70.7 cm³/mol. The highest BCUT2D eigenvalue weighted by Crippen LogP contribution is 2.32. The van der Waals surface area contributed by atoms with Crippen molar-refractivity contribution < 1.29 is 0 Å². The molecule has 0 unspecified atom stereocenters. The van der Waals surface area contributed by atoms with Gasteiger partial charge in [-0.2, -0.15) is 0 Å². The van der Waals surface area contributed by atoms with E-state index in [1.165, 1.54) is 12.8 Å². The van der Waals surface area contributed by atoms with Crippen LogP contribution in [0.5, 0.6) is 0 Å². The molecule has 1 aromatic rings. The van der Waals surface area contributed by atoms with Crippen LogP contribution in [0.15, 0.2) is 18.5 Å². The Hall–Kier alpha value is -1.16. The fourth-order valence-electron chi connectivity index (χ4n) is 1.86. The van der Waals surface area contributed by atoms with Crippen LogP contribution in [0.4, 0.5) is 5.69 Å². The molecule has 0 radical (unpaired) electrons. The molecule has 86 valence electrons. The van der Waals surface area contributed by atoms with Crippen molar-refractivity contribution in [3.63, 3.8) is 0 Å². The minimum absolute atomic E-state index is 0.451. The third kappa shape index (κ3) is 2.50. The molecule has 0 saturated heterocycles.